The van der Waals surface area contributed by atoms with Gasteiger partial charge in [-0.3, -0.25) is 0 Å². The Balaban J connectivity index is 3.00. The van der Waals surface area contributed by atoms with Crippen molar-refractivity contribution in [3.05, 3.63) is 29.3 Å². The van der Waals surface area contributed by atoms with E-state index in [1.165, 1.54) is 5.56 Å². The molecule has 1 rings (SSSR count). The van der Waals surface area contributed by atoms with E-state index in [0.717, 1.165) is 18.4 Å². The molecule has 0 saturated carbocycles. The van der Waals surface area contributed by atoms with E-state index < -0.39 is 0 Å². The maximum Gasteiger partial charge on any atom is 0.118 e. The van der Waals surface area contributed by atoms with Gasteiger partial charge in [0.25, 0.3) is 0 Å². The third-order valence-corrected chi connectivity index (χ3v) is 3.21. The Labute approximate surface area is 99.5 Å². The number of hydrogen-bond donors (Lipinski definition) is 1. The third-order valence-electron chi connectivity index (χ3n) is 3.21. The highest BCUT2D eigenvalue weighted by Gasteiger charge is 2.16. The molecule has 1 aromatic rings. The summed E-state index contributed by atoms with van der Waals surface area (Å²) in [5.41, 5.74) is 2.53. The fourth-order valence-corrected chi connectivity index (χ4v) is 1.74. The predicted molar refractivity (Wildman–Crippen MR) is 70.0 cm³/mol. The zero-order valence-electron chi connectivity index (χ0n) is 11.2. The molecule has 1 nitrogen and oxygen atoms in total. The van der Waals surface area contributed by atoms with Crippen molar-refractivity contribution in [2.24, 2.45) is 5.92 Å². The SMILES string of the molecule is CCC(C)Cc1cc(C(C)(C)C)ccc1O. The smallest absolute Gasteiger partial charge is 0.118 e. The molecule has 0 aliphatic carbocycles. The van der Waals surface area contributed by atoms with Gasteiger partial charge in [0.05, 0.1) is 0 Å². The summed E-state index contributed by atoms with van der Waals surface area (Å²) in [6.45, 7) is 11.0. The first-order valence-corrected chi connectivity index (χ1v) is 6.17. The summed E-state index contributed by atoms with van der Waals surface area (Å²) in [5.74, 6) is 1.06. The van der Waals surface area contributed by atoms with Crippen LogP contribution in [-0.2, 0) is 11.8 Å². The Morgan fingerprint density at radius 3 is 2.38 bits per heavy atom. The number of aromatic hydroxyl groups is 1. The Morgan fingerprint density at radius 2 is 1.88 bits per heavy atom. The molecule has 1 unspecified atom stereocenters. The first-order chi connectivity index (χ1) is 7.34. The average molecular weight is 220 g/mol. The van der Waals surface area contributed by atoms with Crippen molar-refractivity contribution in [2.75, 3.05) is 0 Å². The van der Waals surface area contributed by atoms with Crippen molar-refractivity contribution in [3.63, 3.8) is 0 Å². The molecule has 0 fully saturated rings. The zero-order valence-corrected chi connectivity index (χ0v) is 11.2. The third kappa shape index (κ3) is 3.26. The van der Waals surface area contributed by atoms with Crippen LogP contribution >= 0.6 is 0 Å². The highest BCUT2D eigenvalue weighted by atomic mass is 16.3. The van der Waals surface area contributed by atoms with Gasteiger partial charge in [0.15, 0.2) is 0 Å². The van der Waals surface area contributed by atoms with Crippen LogP contribution in [0.3, 0.4) is 0 Å². The second-order valence-corrected chi connectivity index (χ2v) is 5.81. The monoisotopic (exact) mass is 220 g/mol. The van der Waals surface area contributed by atoms with Crippen LogP contribution in [0.25, 0.3) is 0 Å². The quantitative estimate of drug-likeness (QED) is 0.806. The Bertz CT molecular complexity index is 347. The molecule has 0 aromatic heterocycles. The van der Waals surface area contributed by atoms with Crippen molar-refractivity contribution >= 4 is 0 Å². The van der Waals surface area contributed by atoms with Crippen molar-refractivity contribution < 1.29 is 5.11 Å². The van der Waals surface area contributed by atoms with E-state index in [1.807, 2.05) is 12.1 Å². The van der Waals surface area contributed by atoms with E-state index in [2.05, 4.69) is 40.7 Å². The summed E-state index contributed by atoms with van der Waals surface area (Å²) in [6, 6.07) is 6.01. The van der Waals surface area contributed by atoms with Gasteiger partial charge in [0, 0.05) is 0 Å². The fourth-order valence-electron chi connectivity index (χ4n) is 1.74. The Morgan fingerprint density at radius 1 is 1.25 bits per heavy atom. The lowest BCUT2D eigenvalue weighted by molar-refractivity contribution is 0.455. The molecular formula is C15H24O. The molecule has 0 spiro atoms. The van der Waals surface area contributed by atoms with Gasteiger partial charge in [-0.2, -0.15) is 0 Å². The van der Waals surface area contributed by atoms with Gasteiger partial charge in [-0.05, 0) is 34.9 Å². The Hall–Kier alpha value is -0.980. The average Bonchev–Trinajstić information content (AvgIpc) is 2.19. The van der Waals surface area contributed by atoms with Crippen molar-refractivity contribution in [1.29, 1.82) is 0 Å². The molecule has 0 bridgehead atoms. The largest absolute Gasteiger partial charge is 0.508 e. The fraction of sp³-hybridized carbons (Fsp3) is 0.600. The van der Waals surface area contributed by atoms with Crippen molar-refractivity contribution in [2.45, 2.75) is 52.9 Å². The normalized spacial score (nSPS) is 13.8. The molecule has 1 aromatic carbocycles. The van der Waals surface area contributed by atoms with E-state index in [-0.39, 0.29) is 5.41 Å². The molecule has 0 saturated heterocycles. The van der Waals surface area contributed by atoms with Crippen LogP contribution < -0.4 is 0 Å². The number of hydrogen-bond acceptors (Lipinski definition) is 1. The van der Waals surface area contributed by atoms with Crippen LogP contribution in [0.5, 0.6) is 5.75 Å². The lowest BCUT2D eigenvalue weighted by atomic mass is 9.85. The van der Waals surface area contributed by atoms with Crippen LogP contribution in [0.1, 0.15) is 52.2 Å². The van der Waals surface area contributed by atoms with E-state index >= 15 is 0 Å². The molecule has 0 radical (unpaired) electrons. The van der Waals surface area contributed by atoms with Crippen LogP contribution in [0.2, 0.25) is 0 Å². The number of benzene rings is 1. The van der Waals surface area contributed by atoms with Gasteiger partial charge < -0.3 is 5.11 Å². The molecule has 90 valence electrons. The maximum absolute atomic E-state index is 9.85. The minimum absolute atomic E-state index is 0.151. The minimum Gasteiger partial charge on any atom is -0.508 e. The van der Waals surface area contributed by atoms with E-state index in [4.69, 9.17) is 0 Å². The predicted octanol–water partition coefficient (Wildman–Crippen LogP) is 4.28. The lowest BCUT2D eigenvalue weighted by Crippen LogP contribution is -2.11. The summed E-state index contributed by atoms with van der Waals surface area (Å²) < 4.78 is 0. The van der Waals surface area contributed by atoms with E-state index in [1.54, 1.807) is 0 Å². The molecule has 0 aliphatic rings. The van der Waals surface area contributed by atoms with Crippen LogP contribution in [0.15, 0.2) is 18.2 Å². The van der Waals surface area contributed by atoms with Gasteiger partial charge in [-0.15, -0.1) is 0 Å². The first kappa shape index (κ1) is 13.1. The van der Waals surface area contributed by atoms with Gasteiger partial charge >= 0.3 is 0 Å². The van der Waals surface area contributed by atoms with Gasteiger partial charge in [-0.25, -0.2) is 0 Å². The summed E-state index contributed by atoms with van der Waals surface area (Å²) in [7, 11) is 0. The highest BCUT2D eigenvalue weighted by Crippen LogP contribution is 2.29. The summed E-state index contributed by atoms with van der Waals surface area (Å²) in [4.78, 5) is 0. The Kier molecular flexibility index (Phi) is 4.01. The zero-order chi connectivity index (χ0) is 12.3. The maximum atomic E-state index is 9.85. The summed E-state index contributed by atoms with van der Waals surface area (Å²) in [6.07, 6.45) is 2.12. The molecule has 16 heavy (non-hydrogen) atoms. The molecule has 1 atom stereocenters. The molecule has 0 aliphatic heterocycles. The molecule has 1 N–H and O–H groups in total. The number of phenolic OH excluding ortho intramolecular Hbond substituents is 1. The van der Waals surface area contributed by atoms with Crippen LogP contribution in [0.4, 0.5) is 0 Å². The van der Waals surface area contributed by atoms with Crippen molar-refractivity contribution in [3.8, 4) is 5.75 Å². The molecule has 0 amide bonds. The second-order valence-electron chi connectivity index (χ2n) is 5.81. The van der Waals surface area contributed by atoms with Crippen molar-refractivity contribution in [1.82, 2.24) is 0 Å². The second kappa shape index (κ2) is 4.90. The van der Waals surface area contributed by atoms with Crippen LogP contribution in [0, 0.1) is 5.92 Å². The standard InChI is InChI=1S/C15H24O/c1-6-11(2)9-12-10-13(15(3,4)5)7-8-14(12)16/h7-8,10-11,16H,6,9H2,1-5H3. The van der Waals surface area contributed by atoms with Gasteiger partial charge in [0.2, 0.25) is 0 Å². The van der Waals surface area contributed by atoms with E-state index in [9.17, 15) is 5.11 Å². The minimum atomic E-state index is 0.151. The van der Waals surface area contributed by atoms with E-state index in [0.29, 0.717) is 11.7 Å². The number of phenols is 1. The summed E-state index contributed by atoms with van der Waals surface area (Å²) >= 11 is 0. The first-order valence-electron chi connectivity index (χ1n) is 6.17. The highest BCUT2D eigenvalue weighted by molar-refractivity contribution is 5.38. The van der Waals surface area contributed by atoms with Crippen LogP contribution in [-0.4, -0.2) is 5.11 Å². The molecular weight excluding hydrogens is 196 g/mol. The lowest BCUT2D eigenvalue weighted by Gasteiger charge is -2.21. The summed E-state index contributed by atoms with van der Waals surface area (Å²) in [5, 5.41) is 9.85. The number of rotatable bonds is 3. The molecule has 0 heterocycles. The topological polar surface area (TPSA) is 20.2 Å². The van der Waals surface area contributed by atoms with Gasteiger partial charge in [0.1, 0.15) is 5.75 Å². The molecule has 1 heteroatoms. The van der Waals surface area contributed by atoms with Gasteiger partial charge in [-0.1, -0.05) is 53.2 Å².